The molecule has 2 rings (SSSR count). The van der Waals surface area contributed by atoms with Crippen molar-refractivity contribution in [2.75, 3.05) is 19.4 Å². The first-order chi connectivity index (χ1) is 8.70. The van der Waals surface area contributed by atoms with Crippen LogP contribution >= 0.6 is 11.3 Å². The summed E-state index contributed by atoms with van der Waals surface area (Å²) in [4.78, 5) is 15.4. The third-order valence-electron chi connectivity index (χ3n) is 2.32. The van der Waals surface area contributed by atoms with Gasteiger partial charge in [-0.1, -0.05) is 12.1 Å². The number of carbonyl (C=O) groups excluding carboxylic acids is 1. The van der Waals surface area contributed by atoms with Gasteiger partial charge in [0.2, 0.25) is 0 Å². The molecule has 3 N–H and O–H groups in total. The van der Waals surface area contributed by atoms with Crippen LogP contribution in [-0.4, -0.2) is 24.5 Å². The number of rotatable bonds is 4. The van der Waals surface area contributed by atoms with Gasteiger partial charge in [0.15, 0.2) is 11.7 Å². The lowest BCUT2D eigenvalue weighted by molar-refractivity contribution is -0.122. The summed E-state index contributed by atoms with van der Waals surface area (Å²) in [5.41, 5.74) is 7.19. The van der Waals surface area contributed by atoms with Crippen molar-refractivity contribution in [2.24, 2.45) is 0 Å². The fourth-order valence-corrected chi connectivity index (χ4v) is 1.99. The number of aromatic nitrogens is 1. The predicted molar refractivity (Wildman–Crippen MR) is 71.5 cm³/mol. The molecule has 18 heavy (non-hydrogen) atoms. The summed E-state index contributed by atoms with van der Waals surface area (Å²) in [6.45, 7) is -0.0207. The molecule has 5 nitrogen and oxygen atoms in total. The second-order valence-corrected chi connectivity index (χ2v) is 4.42. The van der Waals surface area contributed by atoms with Gasteiger partial charge in [0, 0.05) is 18.0 Å². The Morgan fingerprint density at radius 2 is 2.28 bits per heavy atom. The van der Waals surface area contributed by atoms with Crippen LogP contribution in [0.5, 0.6) is 5.75 Å². The first kappa shape index (κ1) is 12.4. The smallest absolute Gasteiger partial charge is 0.257 e. The average molecular weight is 263 g/mol. The van der Waals surface area contributed by atoms with Gasteiger partial charge in [-0.05, 0) is 12.1 Å². The monoisotopic (exact) mass is 263 g/mol. The first-order valence-corrected chi connectivity index (χ1v) is 6.22. The SMILES string of the molecule is CNC(=O)COc1ccccc1-c1csc(N)n1. The molecule has 1 aromatic heterocycles. The van der Waals surface area contributed by atoms with Gasteiger partial charge in [-0.2, -0.15) is 0 Å². The van der Waals surface area contributed by atoms with Gasteiger partial charge in [0.1, 0.15) is 5.75 Å². The van der Waals surface area contributed by atoms with Crippen LogP contribution in [0.2, 0.25) is 0 Å². The van der Waals surface area contributed by atoms with Crippen LogP contribution < -0.4 is 15.8 Å². The molecule has 0 radical (unpaired) electrons. The number of carbonyl (C=O) groups is 1. The van der Waals surface area contributed by atoms with Crippen LogP contribution in [0.3, 0.4) is 0 Å². The van der Waals surface area contributed by atoms with E-state index in [0.717, 1.165) is 11.3 Å². The number of likely N-dealkylation sites (N-methyl/N-ethyl adjacent to an activating group) is 1. The van der Waals surface area contributed by atoms with Gasteiger partial charge in [-0.25, -0.2) is 4.98 Å². The van der Waals surface area contributed by atoms with Crippen molar-refractivity contribution in [2.45, 2.75) is 0 Å². The average Bonchev–Trinajstić information content (AvgIpc) is 2.83. The van der Waals surface area contributed by atoms with E-state index in [0.29, 0.717) is 10.9 Å². The highest BCUT2D eigenvalue weighted by Gasteiger charge is 2.10. The number of ether oxygens (including phenoxy) is 1. The summed E-state index contributed by atoms with van der Waals surface area (Å²) in [7, 11) is 1.57. The molecule has 0 aliphatic heterocycles. The van der Waals surface area contributed by atoms with E-state index >= 15 is 0 Å². The summed E-state index contributed by atoms with van der Waals surface area (Å²) >= 11 is 1.37. The summed E-state index contributed by atoms with van der Waals surface area (Å²) in [6, 6.07) is 7.41. The molecule has 0 unspecified atom stereocenters. The lowest BCUT2D eigenvalue weighted by Crippen LogP contribution is -2.24. The number of thiazole rings is 1. The summed E-state index contributed by atoms with van der Waals surface area (Å²) in [5.74, 6) is 0.439. The third-order valence-corrected chi connectivity index (χ3v) is 3.00. The van der Waals surface area contributed by atoms with Gasteiger partial charge in [0.05, 0.1) is 5.69 Å². The molecule has 0 fully saturated rings. The van der Waals surface area contributed by atoms with E-state index in [2.05, 4.69) is 10.3 Å². The highest BCUT2D eigenvalue weighted by atomic mass is 32.1. The zero-order chi connectivity index (χ0) is 13.0. The molecule has 94 valence electrons. The fourth-order valence-electron chi connectivity index (χ4n) is 1.43. The van der Waals surface area contributed by atoms with Gasteiger partial charge in [0.25, 0.3) is 5.91 Å². The van der Waals surface area contributed by atoms with Crippen LogP contribution in [0.1, 0.15) is 0 Å². The minimum absolute atomic E-state index is 0.0207. The summed E-state index contributed by atoms with van der Waals surface area (Å²) in [6.07, 6.45) is 0. The van der Waals surface area contributed by atoms with E-state index in [9.17, 15) is 4.79 Å². The van der Waals surface area contributed by atoms with Crippen molar-refractivity contribution in [1.29, 1.82) is 0 Å². The Balaban J connectivity index is 2.23. The van der Waals surface area contributed by atoms with Crippen molar-refractivity contribution in [3.63, 3.8) is 0 Å². The largest absolute Gasteiger partial charge is 0.483 e. The lowest BCUT2D eigenvalue weighted by atomic mass is 10.1. The quantitative estimate of drug-likeness (QED) is 0.876. The molecule has 1 amide bonds. The first-order valence-electron chi connectivity index (χ1n) is 5.34. The van der Waals surface area contributed by atoms with E-state index in [1.807, 2.05) is 23.6 Å². The Labute approximate surface area is 109 Å². The molecular weight excluding hydrogens is 250 g/mol. The van der Waals surface area contributed by atoms with Gasteiger partial charge >= 0.3 is 0 Å². The lowest BCUT2D eigenvalue weighted by Gasteiger charge is -2.09. The standard InChI is InChI=1S/C12H13N3O2S/c1-14-11(16)6-17-10-5-3-2-4-8(10)9-7-18-12(13)15-9/h2-5,7H,6H2,1H3,(H2,13,15)(H,14,16). The number of nitrogens with two attached hydrogens (primary N) is 1. The van der Waals surface area contributed by atoms with E-state index in [-0.39, 0.29) is 12.5 Å². The van der Waals surface area contributed by atoms with Crippen LogP contribution in [0.4, 0.5) is 5.13 Å². The number of nitrogen functional groups attached to an aromatic ring is 1. The number of benzene rings is 1. The Hall–Kier alpha value is -2.08. The highest BCUT2D eigenvalue weighted by molar-refractivity contribution is 7.13. The van der Waals surface area contributed by atoms with Crippen molar-refractivity contribution in [3.05, 3.63) is 29.6 Å². The Kier molecular flexibility index (Phi) is 3.78. The van der Waals surface area contributed by atoms with E-state index < -0.39 is 0 Å². The van der Waals surface area contributed by atoms with E-state index in [1.165, 1.54) is 11.3 Å². The van der Waals surface area contributed by atoms with Gasteiger partial charge < -0.3 is 15.8 Å². The van der Waals surface area contributed by atoms with E-state index in [4.69, 9.17) is 10.5 Å². The number of hydrogen-bond acceptors (Lipinski definition) is 5. The molecule has 1 aromatic carbocycles. The summed E-state index contributed by atoms with van der Waals surface area (Å²) in [5, 5.41) is 4.87. The number of amides is 1. The zero-order valence-corrected chi connectivity index (χ0v) is 10.7. The van der Waals surface area contributed by atoms with Crippen molar-refractivity contribution < 1.29 is 9.53 Å². The Bertz CT molecular complexity index is 554. The number of nitrogens with one attached hydrogen (secondary N) is 1. The minimum atomic E-state index is -0.178. The summed E-state index contributed by atoms with van der Waals surface area (Å²) < 4.78 is 5.47. The Morgan fingerprint density at radius 1 is 1.50 bits per heavy atom. The second kappa shape index (κ2) is 5.50. The zero-order valence-electron chi connectivity index (χ0n) is 9.84. The second-order valence-electron chi connectivity index (χ2n) is 3.53. The molecule has 2 aromatic rings. The maximum Gasteiger partial charge on any atom is 0.257 e. The van der Waals surface area contributed by atoms with Gasteiger partial charge in [-0.3, -0.25) is 4.79 Å². The van der Waals surface area contributed by atoms with Crippen molar-refractivity contribution in [3.8, 4) is 17.0 Å². The topological polar surface area (TPSA) is 77.2 Å². The minimum Gasteiger partial charge on any atom is -0.483 e. The molecule has 0 saturated carbocycles. The molecule has 0 saturated heterocycles. The normalized spacial score (nSPS) is 10.1. The molecule has 0 bridgehead atoms. The van der Waals surface area contributed by atoms with Crippen LogP contribution in [0, 0.1) is 0 Å². The fraction of sp³-hybridized carbons (Fsp3) is 0.167. The highest BCUT2D eigenvalue weighted by Crippen LogP contribution is 2.31. The molecule has 0 atom stereocenters. The predicted octanol–water partition coefficient (Wildman–Crippen LogP) is 1.52. The van der Waals surface area contributed by atoms with Gasteiger partial charge in [-0.15, -0.1) is 11.3 Å². The van der Waals surface area contributed by atoms with Crippen molar-refractivity contribution >= 4 is 22.4 Å². The maximum absolute atomic E-state index is 11.2. The maximum atomic E-state index is 11.2. The van der Waals surface area contributed by atoms with Crippen LogP contribution in [-0.2, 0) is 4.79 Å². The molecule has 0 aliphatic carbocycles. The van der Waals surface area contributed by atoms with Crippen LogP contribution in [0.15, 0.2) is 29.6 Å². The number of para-hydroxylation sites is 1. The molecule has 0 aliphatic rings. The number of anilines is 1. The molecular formula is C12H13N3O2S. The number of nitrogens with zero attached hydrogens (tertiary/aromatic N) is 1. The van der Waals surface area contributed by atoms with Crippen molar-refractivity contribution in [1.82, 2.24) is 10.3 Å². The number of hydrogen-bond donors (Lipinski definition) is 2. The van der Waals surface area contributed by atoms with Crippen LogP contribution in [0.25, 0.3) is 11.3 Å². The molecule has 6 heteroatoms. The van der Waals surface area contributed by atoms with E-state index in [1.54, 1.807) is 13.1 Å². The Morgan fingerprint density at radius 3 is 2.94 bits per heavy atom. The molecule has 0 spiro atoms. The third kappa shape index (κ3) is 2.78. The molecule has 1 heterocycles.